The number of nitrogens with two attached hydrogens (primary N) is 2. The highest BCUT2D eigenvalue weighted by molar-refractivity contribution is 6.29. The van der Waals surface area contributed by atoms with Crippen molar-refractivity contribution in [3.63, 3.8) is 0 Å². The van der Waals surface area contributed by atoms with Gasteiger partial charge in [0.2, 0.25) is 0 Å². The lowest BCUT2D eigenvalue weighted by Crippen LogP contribution is -2.25. The van der Waals surface area contributed by atoms with Crippen LogP contribution in [0.5, 0.6) is 11.5 Å². The van der Waals surface area contributed by atoms with E-state index in [1.807, 2.05) is 0 Å². The second-order valence-electron chi connectivity index (χ2n) is 5.59. The van der Waals surface area contributed by atoms with E-state index in [1.54, 1.807) is 6.92 Å². The number of aromatic nitrogens is 1. The van der Waals surface area contributed by atoms with E-state index in [1.165, 1.54) is 19.2 Å². The number of hydrogen-bond donors (Lipinski definition) is 4. The first-order chi connectivity index (χ1) is 12.6. The topological polar surface area (TPSA) is 123 Å². The number of methoxy groups -OCH3 is 1. The van der Waals surface area contributed by atoms with Crippen LogP contribution in [0.3, 0.4) is 0 Å². The second-order valence-corrected chi connectivity index (χ2v) is 6.00. The molecule has 1 aromatic heterocycles. The number of benzene rings is 1. The molecule has 0 aliphatic heterocycles. The van der Waals surface area contributed by atoms with Crippen molar-refractivity contribution < 1.29 is 19.0 Å². The molecule has 0 aliphatic carbocycles. The Labute approximate surface area is 160 Å². The molecule has 27 heavy (non-hydrogen) atoms. The maximum Gasteiger partial charge on any atom is 0.259 e. The smallest absolute Gasteiger partial charge is 0.259 e. The first kappa shape index (κ1) is 20.1. The molecular weight excluding hydrogens is 375 g/mol. The summed E-state index contributed by atoms with van der Waals surface area (Å²) >= 11 is 5.70. The van der Waals surface area contributed by atoms with E-state index in [-0.39, 0.29) is 33.5 Å². The summed E-state index contributed by atoms with van der Waals surface area (Å²) in [5.74, 6) is -1.66. The molecule has 1 heterocycles. The molecule has 7 nitrogen and oxygen atoms in total. The number of ether oxygens (including phenoxy) is 1. The number of carbonyl (C=O) groups is 1. The summed E-state index contributed by atoms with van der Waals surface area (Å²) in [4.78, 5) is 16.4. The zero-order chi connectivity index (χ0) is 20.3. The molecule has 6 N–H and O–H groups in total. The summed E-state index contributed by atoms with van der Waals surface area (Å²) in [5, 5.41) is 12.4. The number of nitrogens with zero attached hydrogens (tertiary/aromatic N) is 1. The summed E-state index contributed by atoms with van der Waals surface area (Å²) < 4.78 is 19.6. The van der Waals surface area contributed by atoms with Gasteiger partial charge >= 0.3 is 0 Å². The fourth-order valence-electron chi connectivity index (χ4n) is 2.28. The fraction of sp³-hybridized carbons (Fsp3) is 0.111. The van der Waals surface area contributed by atoms with Crippen LogP contribution in [0.2, 0.25) is 0 Å². The predicted molar refractivity (Wildman–Crippen MR) is 102 cm³/mol. The monoisotopic (exact) mass is 392 g/mol. The highest BCUT2D eigenvalue weighted by Gasteiger charge is 2.19. The lowest BCUT2D eigenvalue weighted by Gasteiger charge is -2.13. The molecule has 2 aromatic rings. The number of phenolic OH excluding ortho intramolecular Hbond substituents is 1. The Morgan fingerprint density at radius 3 is 2.59 bits per heavy atom. The van der Waals surface area contributed by atoms with E-state index in [4.69, 9.17) is 27.8 Å². The molecule has 0 saturated heterocycles. The Bertz CT molecular complexity index is 956. The van der Waals surface area contributed by atoms with Crippen LogP contribution in [0.1, 0.15) is 17.3 Å². The van der Waals surface area contributed by atoms with Gasteiger partial charge in [-0.3, -0.25) is 4.79 Å². The van der Waals surface area contributed by atoms with Gasteiger partial charge in [-0.2, -0.15) is 0 Å². The van der Waals surface area contributed by atoms with Crippen LogP contribution in [-0.4, -0.2) is 23.1 Å². The van der Waals surface area contributed by atoms with E-state index < -0.39 is 17.5 Å². The molecule has 142 valence electrons. The molecule has 0 spiro atoms. The lowest BCUT2D eigenvalue weighted by atomic mass is 10.1. The number of amides is 1. The second kappa shape index (κ2) is 7.96. The largest absolute Gasteiger partial charge is 0.507 e. The zero-order valence-corrected chi connectivity index (χ0v) is 15.4. The average molecular weight is 393 g/mol. The van der Waals surface area contributed by atoms with Crippen molar-refractivity contribution in [2.45, 2.75) is 6.92 Å². The van der Waals surface area contributed by atoms with Crippen LogP contribution >= 0.6 is 11.6 Å². The van der Waals surface area contributed by atoms with Gasteiger partial charge in [0, 0.05) is 5.56 Å². The first-order valence-electron chi connectivity index (χ1n) is 7.61. The Balaban J connectivity index is 2.42. The number of hydrogen-bond acceptors (Lipinski definition) is 6. The minimum absolute atomic E-state index is 0.0362. The van der Waals surface area contributed by atoms with Gasteiger partial charge < -0.3 is 26.6 Å². The highest BCUT2D eigenvalue weighted by Crippen LogP contribution is 2.31. The van der Waals surface area contributed by atoms with Gasteiger partial charge in [0.25, 0.3) is 5.91 Å². The van der Waals surface area contributed by atoms with Gasteiger partial charge in [-0.05, 0) is 36.8 Å². The number of carbonyl (C=O) groups excluding carboxylic acids is 1. The van der Waals surface area contributed by atoms with Crippen LogP contribution in [0.25, 0.3) is 11.3 Å². The summed E-state index contributed by atoms with van der Waals surface area (Å²) in [5.41, 5.74) is 11.5. The van der Waals surface area contributed by atoms with Crippen LogP contribution in [-0.2, 0) is 0 Å². The van der Waals surface area contributed by atoms with Gasteiger partial charge in [-0.25, -0.2) is 9.37 Å². The quantitative estimate of drug-likeness (QED) is 0.458. The molecule has 1 aromatic carbocycles. The molecule has 0 fully saturated rings. The number of phenols is 1. The third-order valence-corrected chi connectivity index (χ3v) is 3.80. The minimum atomic E-state index is -0.804. The van der Waals surface area contributed by atoms with Crippen LogP contribution < -0.4 is 21.5 Å². The van der Waals surface area contributed by atoms with E-state index >= 15 is 0 Å². The van der Waals surface area contributed by atoms with Gasteiger partial charge in [0.15, 0.2) is 11.6 Å². The SMILES string of the molecule is C=C(C)/C(NC(=O)c1cc(F)c(-c2ccc(OC)c(N)n2)cc1O)=C(\N)Cl. The van der Waals surface area contributed by atoms with Gasteiger partial charge in [0.1, 0.15) is 16.7 Å². The van der Waals surface area contributed by atoms with Crippen LogP contribution in [0.15, 0.2) is 47.3 Å². The number of anilines is 1. The molecule has 9 heteroatoms. The third kappa shape index (κ3) is 4.29. The number of aromatic hydroxyl groups is 1. The van der Waals surface area contributed by atoms with Crippen molar-refractivity contribution >= 4 is 23.3 Å². The predicted octanol–water partition coefficient (Wildman–Crippen LogP) is 2.86. The first-order valence-corrected chi connectivity index (χ1v) is 7.99. The standard InChI is InChI=1S/C18H18ClFN4O3/c1-8(2)15(16(19)21)24-18(26)10-6-11(20)9(7-13(10)25)12-4-5-14(27-3)17(22)23-12/h4-7,25H,1,21H2,2-3H3,(H2,22,23)(H,24,26)/b16-15+. The van der Waals surface area contributed by atoms with Crippen LogP contribution in [0, 0.1) is 5.82 Å². The normalized spacial score (nSPS) is 11.6. The van der Waals surface area contributed by atoms with Crippen molar-refractivity contribution in [3.05, 3.63) is 58.7 Å². The summed E-state index contributed by atoms with van der Waals surface area (Å²) in [6.45, 7) is 5.21. The molecule has 0 atom stereocenters. The molecular formula is C18H18ClFN4O3. The van der Waals surface area contributed by atoms with Gasteiger partial charge in [0.05, 0.1) is 24.1 Å². The van der Waals surface area contributed by atoms with Gasteiger partial charge in [-0.1, -0.05) is 18.2 Å². The molecule has 1 amide bonds. The fourth-order valence-corrected chi connectivity index (χ4v) is 2.48. The Morgan fingerprint density at radius 2 is 2.07 bits per heavy atom. The summed E-state index contributed by atoms with van der Waals surface area (Å²) in [7, 11) is 1.42. The maximum atomic E-state index is 14.6. The Morgan fingerprint density at radius 1 is 1.41 bits per heavy atom. The highest BCUT2D eigenvalue weighted by atomic mass is 35.5. The molecule has 0 unspecified atom stereocenters. The number of nitrogen functional groups attached to an aromatic ring is 1. The molecule has 0 radical (unpaired) electrons. The van der Waals surface area contributed by atoms with E-state index in [2.05, 4.69) is 16.9 Å². The molecule has 2 rings (SSSR count). The van der Waals surface area contributed by atoms with E-state index in [9.17, 15) is 14.3 Å². The Kier molecular flexibility index (Phi) is 5.91. The molecule has 0 saturated carbocycles. The average Bonchev–Trinajstić information content (AvgIpc) is 2.60. The molecule has 0 aliphatic rings. The maximum absolute atomic E-state index is 14.6. The number of halogens is 2. The Hall–Kier alpha value is -3.26. The van der Waals surface area contributed by atoms with Crippen molar-refractivity contribution in [2.24, 2.45) is 5.73 Å². The number of rotatable bonds is 5. The van der Waals surface area contributed by atoms with Crippen molar-refractivity contribution in [3.8, 4) is 22.8 Å². The van der Waals surface area contributed by atoms with Crippen LogP contribution in [0.4, 0.5) is 10.2 Å². The summed E-state index contributed by atoms with van der Waals surface area (Å²) in [6, 6.07) is 4.94. The van der Waals surface area contributed by atoms with Crippen molar-refractivity contribution in [1.82, 2.24) is 10.3 Å². The van der Waals surface area contributed by atoms with E-state index in [0.29, 0.717) is 11.3 Å². The van der Waals surface area contributed by atoms with E-state index in [0.717, 1.165) is 12.1 Å². The third-order valence-electron chi connectivity index (χ3n) is 3.62. The summed E-state index contributed by atoms with van der Waals surface area (Å²) in [6.07, 6.45) is 0. The van der Waals surface area contributed by atoms with Crippen molar-refractivity contribution in [1.29, 1.82) is 0 Å². The number of allylic oxidation sites excluding steroid dienone is 1. The molecule has 0 bridgehead atoms. The number of pyridine rings is 1. The number of nitrogens with one attached hydrogen (secondary N) is 1. The lowest BCUT2D eigenvalue weighted by molar-refractivity contribution is 0.0963. The van der Waals surface area contributed by atoms with Crippen molar-refractivity contribution in [2.75, 3.05) is 12.8 Å². The van der Waals surface area contributed by atoms with Gasteiger partial charge in [-0.15, -0.1) is 0 Å². The minimum Gasteiger partial charge on any atom is -0.507 e. The zero-order valence-electron chi connectivity index (χ0n) is 14.6.